The molecule has 3 aromatic carbocycles. The number of aromatic hydroxyl groups is 1. The first kappa shape index (κ1) is 19.5. The molecule has 150 valence electrons. The summed E-state index contributed by atoms with van der Waals surface area (Å²) in [6.45, 7) is 0. The van der Waals surface area contributed by atoms with E-state index >= 15 is 0 Å². The van der Waals surface area contributed by atoms with Crippen molar-refractivity contribution in [2.75, 3.05) is 5.73 Å². The number of hydrogen-bond acceptors (Lipinski definition) is 7. The number of pyridine rings is 1. The van der Waals surface area contributed by atoms with Crippen molar-refractivity contribution in [3.05, 3.63) is 72.9 Å². The van der Waals surface area contributed by atoms with Gasteiger partial charge in [-0.1, -0.05) is 36.4 Å². The molecule has 0 aliphatic rings. The summed E-state index contributed by atoms with van der Waals surface area (Å²) in [6, 6.07) is 17.9. The fourth-order valence-corrected chi connectivity index (χ4v) is 3.77. The molecular weight excluding hydrogens is 404 g/mol. The summed E-state index contributed by atoms with van der Waals surface area (Å²) >= 11 is 0. The van der Waals surface area contributed by atoms with Crippen LogP contribution in [0.15, 0.2) is 88.1 Å². The van der Waals surface area contributed by atoms with E-state index in [9.17, 15) is 18.1 Å². The summed E-state index contributed by atoms with van der Waals surface area (Å²) in [7, 11) is -4.49. The Balaban J connectivity index is 1.72. The van der Waals surface area contributed by atoms with Crippen molar-refractivity contribution in [1.82, 2.24) is 4.98 Å². The van der Waals surface area contributed by atoms with Crippen LogP contribution in [0.3, 0.4) is 0 Å². The third-order valence-electron chi connectivity index (χ3n) is 4.51. The summed E-state index contributed by atoms with van der Waals surface area (Å²) in [5.74, 6) is 0.112. The van der Waals surface area contributed by atoms with Gasteiger partial charge in [0.15, 0.2) is 0 Å². The molecule has 0 spiro atoms. The van der Waals surface area contributed by atoms with Crippen LogP contribution >= 0.6 is 0 Å². The van der Waals surface area contributed by atoms with Crippen LogP contribution < -0.4 is 5.73 Å². The topological polar surface area (TPSA) is 138 Å². The number of aromatic nitrogens is 1. The van der Waals surface area contributed by atoms with Gasteiger partial charge in [0.2, 0.25) is 0 Å². The van der Waals surface area contributed by atoms with Crippen LogP contribution in [0.2, 0.25) is 0 Å². The van der Waals surface area contributed by atoms with E-state index in [0.29, 0.717) is 27.7 Å². The molecule has 30 heavy (non-hydrogen) atoms. The fourth-order valence-electron chi connectivity index (χ4n) is 3.05. The molecule has 0 saturated heterocycles. The van der Waals surface area contributed by atoms with Gasteiger partial charge in [0, 0.05) is 16.3 Å². The lowest BCUT2D eigenvalue weighted by molar-refractivity contribution is 0.477. The average Bonchev–Trinajstić information content (AvgIpc) is 2.73. The van der Waals surface area contributed by atoms with Gasteiger partial charge < -0.3 is 10.8 Å². The molecule has 4 aromatic rings. The predicted octanol–water partition coefficient (Wildman–Crippen LogP) is 4.85. The van der Waals surface area contributed by atoms with Crippen LogP contribution in [-0.4, -0.2) is 23.1 Å². The van der Waals surface area contributed by atoms with Gasteiger partial charge in [0.1, 0.15) is 22.0 Å². The lowest BCUT2D eigenvalue weighted by Crippen LogP contribution is -2.01. The molecule has 0 unspecified atom stereocenters. The highest BCUT2D eigenvalue weighted by molar-refractivity contribution is 7.86. The third kappa shape index (κ3) is 3.71. The highest BCUT2D eigenvalue weighted by atomic mass is 32.2. The zero-order chi connectivity index (χ0) is 21.3. The Hall–Kier alpha value is -3.82. The molecule has 0 atom stereocenters. The Bertz CT molecular complexity index is 1380. The molecule has 0 saturated carbocycles. The van der Waals surface area contributed by atoms with Gasteiger partial charge in [-0.3, -0.25) is 9.54 Å². The number of hydrogen-bond donors (Lipinski definition) is 3. The van der Waals surface area contributed by atoms with Gasteiger partial charge in [-0.25, -0.2) is 0 Å². The first-order valence-corrected chi connectivity index (χ1v) is 10.2. The van der Waals surface area contributed by atoms with Gasteiger partial charge in [-0.15, -0.1) is 10.2 Å². The first-order chi connectivity index (χ1) is 14.3. The number of phenols is 1. The normalized spacial score (nSPS) is 11.9. The molecule has 0 aliphatic heterocycles. The van der Waals surface area contributed by atoms with E-state index in [1.165, 1.54) is 12.3 Å². The van der Waals surface area contributed by atoms with E-state index < -0.39 is 10.1 Å². The number of nitrogens with zero attached hydrogens (tertiary/aromatic N) is 3. The maximum atomic E-state index is 11.8. The number of nitrogens with two attached hydrogens (primary N) is 1. The van der Waals surface area contributed by atoms with Crippen LogP contribution in [0.4, 0.5) is 17.1 Å². The monoisotopic (exact) mass is 420 g/mol. The van der Waals surface area contributed by atoms with Crippen molar-refractivity contribution in [1.29, 1.82) is 0 Å². The van der Waals surface area contributed by atoms with Crippen LogP contribution in [0, 0.1) is 0 Å². The number of phenolic OH excluding ortho intramolecular Hbond substituents is 1. The van der Waals surface area contributed by atoms with Gasteiger partial charge >= 0.3 is 0 Å². The van der Waals surface area contributed by atoms with E-state index in [1.54, 1.807) is 60.7 Å². The molecule has 0 bridgehead atoms. The van der Waals surface area contributed by atoms with E-state index in [0.717, 1.165) is 0 Å². The van der Waals surface area contributed by atoms with E-state index in [4.69, 9.17) is 5.73 Å². The Labute approximate surface area is 172 Å². The van der Waals surface area contributed by atoms with Crippen molar-refractivity contribution >= 4 is 38.0 Å². The highest BCUT2D eigenvalue weighted by Gasteiger charge is 2.18. The number of para-hydroxylation sites is 1. The summed E-state index contributed by atoms with van der Waals surface area (Å²) in [4.78, 5) is 3.97. The molecule has 4 rings (SSSR count). The summed E-state index contributed by atoms with van der Waals surface area (Å²) in [5, 5.41) is 18.8. The highest BCUT2D eigenvalue weighted by Crippen LogP contribution is 2.37. The smallest absolute Gasteiger partial charge is 0.295 e. The second-order valence-corrected chi connectivity index (χ2v) is 7.84. The van der Waals surface area contributed by atoms with Crippen molar-refractivity contribution in [3.63, 3.8) is 0 Å². The molecule has 0 fully saturated rings. The van der Waals surface area contributed by atoms with Crippen molar-refractivity contribution in [3.8, 4) is 17.0 Å². The number of nitrogen functional groups attached to an aromatic ring is 1. The number of azo groups is 1. The lowest BCUT2D eigenvalue weighted by Gasteiger charge is -2.09. The Morgan fingerprint density at radius 3 is 2.27 bits per heavy atom. The lowest BCUT2D eigenvalue weighted by atomic mass is 10.1. The minimum atomic E-state index is -4.49. The molecule has 8 nitrogen and oxygen atoms in total. The number of anilines is 1. The number of fused-ring (bicyclic) bond motifs is 1. The van der Waals surface area contributed by atoms with Crippen LogP contribution in [0.1, 0.15) is 0 Å². The Morgan fingerprint density at radius 1 is 0.900 bits per heavy atom. The third-order valence-corrected chi connectivity index (χ3v) is 5.40. The predicted molar refractivity (Wildman–Crippen MR) is 114 cm³/mol. The number of rotatable bonds is 4. The maximum absolute atomic E-state index is 11.8. The molecule has 1 heterocycles. The Morgan fingerprint density at radius 2 is 1.60 bits per heavy atom. The first-order valence-electron chi connectivity index (χ1n) is 8.79. The Kier molecular flexibility index (Phi) is 4.90. The van der Waals surface area contributed by atoms with Crippen LogP contribution in [-0.2, 0) is 10.1 Å². The molecule has 0 amide bonds. The number of benzene rings is 3. The molecule has 4 N–H and O–H groups in total. The fraction of sp³-hybridized carbons (Fsp3) is 0. The van der Waals surface area contributed by atoms with Gasteiger partial charge in [0.05, 0.1) is 17.6 Å². The zero-order valence-electron chi connectivity index (χ0n) is 15.5. The average molecular weight is 420 g/mol. The summed E-state index contributed by atoms with van der Waals surface area (Å²) in [5.41, 5.74) is 8.02. The standard InChI is InChI=1S/C21H16N4O4S/c22-21-15-6-2-1-5-14(15)20(30(27,28)29)11-18(21)25-24-13-9-10-17(23-12-13)16-7-3-4-8-19(16)26/h1-12,26H,22H2,(H,27,28,29). The van der Waals surface area contributed by atoms with Crippen LogP contribution in [0.25, 0.3) is 22.0 Å². The molecule has 1 aromatic heterocycles. The molecule has 0 radical (unpaired) electrons. The largest absolute Gasteiger partial charge is 0.507 e. The van der Waals surface area contributed by atoms with Gasteiger partial charge in [-0.05, 0) is 30.3 Å². The summed E-state index contributed by atoms with van der Waals surface area (Å²) < 4.78 is 33.2. The minimum absolute atomic E-state index is 0.103. The second-order valence-electron chi connectivity index (χ2n) is 6.45. The van der Waals surface area contributed by atoms with Gasteiger partial charge in [-0.2, -0.15) is 8.42 Å². The maximum Gasteiger partial charge on any atom is 0.295 e. The SMILES string of the molecule is Nc1c(N=Nc2ccc(-c3ccccc3O)nc2)cc(S(=O)(=O)O)c2ccccc12. The quantitative estimate of drug-likeness (QED) is 0.245. The van der Waals surface area contributed by atoms with E-state index in [2.05, 4.69) is 15.2 Å². The van der Waals surface area contributed by atoms with E-state index in [1.807, 2.05) is 0 Å². The molecule has 0 aliphatic carbocycles. The van der Waals surface area contributed by atoms with E-state index in [-0.39, 0.29) is 22.0 Å². The van der Waals surface area contributed by atoms with Crippen molar-refractivity contribution in [2.24, 2.45) is 10.2 Å². The molecule has 9 heteroatoms. The van der Waals surface area contributed by atoms with Gasteiger partial charge in [0.25, 0.3) is 10.1 Å². The minimum Gasteiger partial charge on any atom is -0.507 e. The van der Waals surface area contributed by atoms with Crippen molar-refractivity contribution in [2.45, 2.75) is 4.90 Å². The summed E-state index contributed by atoms with van der Waals surface area (Å²) in [6.07, 6.45) is 1.46. The zero-order valence-corrected chi connectivity index (χ0v) is 16.3. The second kappa shape index (κ2) is 7.54. The van der Waals surface area contributed by atoms with Crippen LogP contribution in [0.5, 0.6) is 5.75 Å². The van der Waals surface area contributed by atoms with Crippen molar-refractivity contribution < 1.29 is 18.1 Å². The molecular formula is C21H16N4O4S.